The SMILES string of the molecule is CC(C)(C(Br)Cc1ccccc1Cl)S(C)(=O)=O. The molecule has 2 nitrogen and oxygen atoms in total. The van der Waals surface area contributed by atoms with Crippen LogP contribution in [0.4, 0.5) is 0 Å². The van der Waals surface area contributed by atoms with Crippen molar-refractivity contribution in [2.24, 2.45) is 0 Å². The van der Waals surface area contributed by atoms with Gasteiger partial charge in [-0.15, -0.1) is 0 Å². The van der Waals surface area contributed by atoms with Gasteiger partial charge in [0.05, 0.1) is 4.75 Å². The van der Waals surface area contributed by atoms with E-state index in [1.54, 1.807) is 13.8 Å². The third-order valence-electron chi connectivity index (χ3n) is 3.07. The third-order valence-corrected chi connectivity index (χ3v) is 7.40. The van der Waals surface area contributed by atoms with Crippen molar-refractivity contribution in [3.8, 4) is 0 Å². The minimum atomic E-state index is -3.12. The fourth-order valence-electron chi connectivity index (χ4n) is 1.34. The fraction of sp³-hybridized carbons (Fsp3) is 0.500. The molecule has 0 amide bonds. The molecule has 1 aromatic carbocycles. The number of rotatable bonds is 4. The summed E-state index contributed by atoms with van der Waals surface area (Å²) in [7, 11) is -3.12. The van der Waals surface area contributed by atoms with Crippen molar-refractivity contribution in [2.75, 3.05) is 6.26 Å². The molecule has 0 spiro atoms. The molecule has 96 valence electrons. The Bertz CT molecular complexity index is 497. The second-order valence-electron chi connectivity index (χ2n) is 4.64. The fourth-order valence-corrected chi connectivity index (χ4v) is 3.46. The molecule has 0 bridgehead atoms. The standard InChI is InChI=1S/C12H16BrClO2S/c1-12(2,17(3,15)16)11(13)8-9-6-4-5-7-10(9)14/h4-7,11H,8H2,1-3H3. The molecular formula is C12H16BrClO2S. The van der Waals surface area contributed by atoms with E-state index in [0.29, 0.717) is 11.4 Å². The Morgan fingerprint density at radius 1 is 1.35 bits per heavy atom. The smallest absolute Gasteiger partial charge is 0.153 e. The van der Waals surface area contributed by atoms with Gasteiger partial charge in [0.2, 0.25) is 0 Å². The highest BCUT2D eigenvalue weighted by Gasteiger charge is 2.37. The Labute approximate surface area is 116 Å². The van der Waals surface area contributed by atoms with Crippen LogP contribution in [0.5, 0.6) is 0 Å². The molecule has 0 aromatic heterocycles. The Morgan fingerprint density at radius 3 is 2.35 bits per heavy atom. The average molecular weight is 340 g/mol. The maximum atomic E-state index is 11.7. The van der Waals surface area contributed by atoms with Gasteiger partial charge in [-0.1, -0.05) is 45.7 Å². The van der Waals surface area contributed by atoms with E-state index in [1.165, 1.54) is 6.26 Å². The van der Waals surface area contributed by atoms with Crippen LogP contribution in [0.3, 0.4) is 0 Å². The van der Waals surface area contributed by atoms with Gasteiger partial charge in [-0.3, -0.25) is 0 Å². The first-order chi connectivity index (χ1) is 7.66. The van der Waals surface area contributed by atoms with Gasteiger partial charge >= 0.3 is 0 Å². The maximum Gasteiger partial charge on any atom is 0.153 e. The van der Waals surface area contributed by atoms with Gasteiger partial charge in [-0.05, 0) is 31.9 Å². The van der Waals surface area contributed by atoms with Crippen LogP contribution in [0, 0.1) is 0 Å². The van der Waals surface area contributed by atoms with Crippen LogP contribution in [0.2, 0.25) is 5.02 Å². The van der Waals surface area contributed by atoms with E-state index < -0.39 is 14.6 Å². The second-order valence-corrected chi connectivity index (χ2v) is 8.75. The van der Waals surface area contributed by atoms with E-state index in [-0.39, 0.29) is 4.83 Å². The molecule has 0 heterocycles. The number of halogens is 2. The van der Waals surface area contributed by atoms with E-state index in [0.717, 1.165) is 5.56 Å². The van der Waals surface area contributed by atoms with Crippen molar-refractivity contribution >= 4 is 37.4 Å². The molecule has 0 N–H and O–H groups in total. The van der Waals surface area contributed by atoms with Crippen molar-refractivity contribution in [2.45, 2.75) is 29.8 Å². The second kappa shape index (κ2) is 5.29. The summed E-state index contributed by atoms with van der Waals surface area (Å²) in [6.07, 6.45) is 1.84. The molecule has 0 aliphatic rings. The number of sulfone groups is 1. The summed E-state index contributed by atoms with van der Waals surface area (Å²) in [5.41, 5.74) is 0.952. The molecule has 0 saturated heterocycles. The lowest BCUT2D eigenvalue weighted by Gasteiger charge is -2.28. The average Bonchev–Trinajstić information content (AvgIpc) is 2.19. The van der Waals surface area contributed by atoms with Crippen LogP contribution in [0.15, 0.2) is 24.3 Å². The number of benzene rings is 1. The normalized spacial score (nSPS) is 14.6. The van der Waals surface area contributed by atoms with Gasteiger partial charge in [0.15, 0.2) is 9.84 Å². The number of hydrogen-bond acceptors (Lipinski definition) is 2. The zero-order valence-corrected chi connectivity index (χ0v) is 13.2. The van der Waals surface area contributed by atoms with Gasteiger partial charge in [0.1, 0.15) is 0 Å². The zero-order valence-electron chi connectivity index (χ0n) is 10.1. The third kappa shape index (κ3) is 3.46. The molecule has 1 rings (SSSR count). The largest absolute Gasteiger partial charge is 0.229 e. The molecule has 0 fully saturated rings. The number of hydrogen-bond donors (Lipinski definition) is 0. The first-order valence-corrected chi connectivity index (χ1v) is 8.42. The Kier molecular flexibility index (Phi) is 4.67. The minimum Gasteiger partial charge on any atom is -0.229 e. The van der Waals surface area contributed by atoms with Crippen LogP contribution in [-0.4, -0.2) is 24.2 Å². The van der Waals surface area contributed by atoms with Gasteiger partial charge in [-0.25, -0.2) is 8.42 Å². The number of alkyl halides is 1. The topological polar surface area (TPSA) is 34.1 Å². The lowest BCUT2D eigenvalue weighted by atomic mass is 10.0. The van der Waals surface area contributed by atoms with Gasteiger partial charge in [-0.2, -0.15) is 0 Å². The predicted octanol–water partition coefficient (Wildman–Crippen LogP) is 3.47. The van der Waals surface area contributed by atoms with Crippen molar-refractivity contribution in [3.63, 3.8) is 0 Å². The Balaban J connectivity index is 2.95. The van der Waals surface area contributed by atoms with E-state index >= 15 is 0 Å². The van der Waals surface area contributed by atoms with Gasteiger partial charge < -0.3 is 0 Å². The molecular weight excluding hydrogens is 324 g/mol. The molecule has 0 radical (unpaired) electrons. The zero-order chi connectivity index (χ0) is 13.3. The quantitative estimate of drug-likeness (QED) is 0.787. The van der Waals surface area contributed by atoms with Crippen molar-refractivity contribution in [1.29, 1.82) is 0 Å². The maximum absolute atomic E-state index is 11.7. The molecule has 0 aliphatic heterocycles. The molecule has 0 saturated carbocycles. The van der Waals surface area contributed by atoms with E-state index in [4.69, 9.17) is 11.6 Å². The highest BCUT2D eigenvalue weighted by molar-refractivity contribution is 9.09. The van der Waals surface area contributed by atoms with E-state index in [9.17, 15) is 8.42 Å². The predicted molar refractivity (Wildman–Crippen MR) is 76.8 cm³/mol. The first-order valence-electron chi connectivity index (χ1n) is 5.23. The van der Waals surface area contributed by atoms with Crippen molar-refractivity contribution in [1.82, 2.24) is 0 Å². The summed E-state index contributed by atoms with van der Waals surface area (Å²) in [6, 6.07) is 7.48. The summed E-state index contributed by atoms with van der Waals surface area (Å²) < 4.78 is 22.6. The molecule has 1 unspecified atom stereocenters. The van der Waals surface area contributed by atoms with Crippen LogP contribution in [0.1, 0.15) is 19.4 Å². The summed E-state index contributed by atoms with van der Waals surface area (Å²) in [5, 5.41) is 0.668. The van der Waals surface area contributed by atoms with Crippen LogP contribution in [-0.2, 0) is 16.3 Å². The summed E-state index contributed by atoms with van der Waals surface area (Å²) >= 11 is 9.53. The van der Waals surface area contributed by atoms with E-state index in [2.05, 4.69) is 15.9 Å². The first kappa shape index (κ1) is 15.0. The molecule has 17 heavy (non-hydrogen) atoms. The van der Waals surface area contributed by atoms with Crippen LogP contribution in [0.25, 0.3) is 0 Å². The van der Waals surface area contributed by atoms with Crippen LogP contribution >= 0.6 is 27.5 Å². The highest BCUT2D eigenvalue weighted by atomic mass is 79.9. The van der Waals surface area contributed by atoms with Crippen molar-refractivity contribution < 1.29 is 8.42 Å². The monoisotopic (exact) mass is 338 g/mol. The summed E-state index contributed by atoms with van der Waals surface area (Å²) in [6.45, 7) is 3.44. The lowest BCUT2D eigenvalue weighted by molar-refractivity contribution is 0.542. The molecule has 1 atom stereocenters. The summed E-state index contributed by atoms with van der Waals surface area (Å²) in [5.74, 6) is 0. The van der Waals surface area contributed by atoms with Crippen molar-refractivity contribution in [3.05, 3.63) is 34.9 Å². The van der Waals surface area contributed by atoms with Crippen LogP contribution < -0.4 is 0 Å². The lowest BCUT2D eigenvalue weighted by Crippen LogP contribution is -2.41. The Hall–Kier alpha value is -0.0600. The Morgan fingerprint density at radius 2 is 1.88 bits per heavy atom. The van der Waals surface area contributed by atoms with Gasteiger partial charge in [0, 0.05) is 16.1 Å². The molecule has 5 heteroatoms. The highest BCUT2D eigenvalue weighted by Crippen LogP contribution is 2.30. The van der Waals surface area contributed by atoms with E-state index in [1.807, 2.05) is 24.3 Å². The minimum absolute atomic E-state index is 0.176. The molecule has 1 aromatic rings. The molecule has 0 aliphatic carbocycles. The summed E-state index contributed by atoms with van der Waals surface area (Å²) in [4.78, 5) is -0.176. The van der Waals surface area contributed by atoms with Gasteiger partial charge in [0.25, 0.3) is 0 Å².